The Morgan fingerprint density at radius 1 is 1.42 bits per heavy atom. The quantitative estimate of drug-likeness (QED) is 0.634. The van der Waals surface area contributed by atoms with E-state index in [9.17, 15) is 0 Å². The molecule has 0 aromatic heterocycles. The summed E-state index contributed by atoms with van der Waals surface area (Å²) in [7, 11) is 0. The first-order valence-electron chi connectivity index (χ1n) is 4.64. The van der Waals surface area contributed by atoms with Gasteiger partial charge >= 0.3 is 0 Å². The molecule has 1 aromatic carbocycles. The van der Waals surface area contributed by atoms with E-state index in [0.29, 0.717) is 0 Å². The van der Waals surface area contributed by atoms with Crippen LogP contribution in [-0.4, -0.2) is 5.25 Å². The van der Waals surface area contributed by atoms with Crippen LogP contribution in [0.25, 0.3) is 0 Å². The summed E-state index contributed by atoms with van der Waals surface area (Å²) < 4.78 is 0. The summed E-state index contributed by atoms with van der Waals surface area (Å²) in [5.74, 6) is 0. The Hall–Kier alpha value is -0.430. The molecular formula is C11H14S. The highest BCUT2D eigenvalue weighted by Crippen LogP contribution is 2.36. The molecule has 0 saturated heterocycles. The Morgan fingerprint density at radius 3 is 3.08 bits per heavy atom. The minimum Gasteiger partial charge on any atom is -0.122 e. The monoisotopic (exact) mass is 178 g/mol. The van der Waals surface area contributed by atoms with Gasteiger partial charge in [-0.1, -0.05) is 25.1 Å². The van der Waals surface area contributed by atoms with Crippen molar-refractivity contribution >= 4 is 11.8 Å². The van der Waals surface area contributed by atoms with E-state index >= 15 is 0 Å². The summed E-state index contributed by atoms with van der Waals surface area (Å²) in [5, 5.41) is 0.861. The van der Waals surface area contributed by atoms with Gasteiger partial charge in [0.05, 0.1) is 0 Å². The fourth-order valence-corrected chi connectivity index (χ4v) is 2.91. The Labute approximate surface area is 78.4 Å². The van der Waals surface area contributed by atoms with Gasteiger partial charge in [-0.05, 0) is 30.9 Å². The van der Waals surface area contributed by atoms with Gasteiger partial charge in [-0.25, -0.2) is 0 Å². The van der Waals surface area contributed by atoms with Crippen molar-refractivity contribution in [2.45, 2.75) is 36.3 Å². The van der Waals surface area contributed by atoms with Crippen molar-refractivity contribution in [2.75, 3.05) is 0 Å². The van der Waals surface area contributed by atoms with Crippen LogP contribution in [0.15, 0.2) is 29.2 Å². The van der Waals surface area contributed by atoms with Crippen LogP contribution in [0, 0.1) is 0 Å². The Balaban J connectivity index is 2.23. The molecule has 2 rings (SSSR count). The molecule has 0 bridgehead atoms. The van der Waals surface area contributed by atoms with E-state index in [1.54, 1.807) is 5.56 Å². The van der Waals surface area contributed by atoms with Crippen LogP contribution in [0.5, 0.6) is 0 Å². The fourth-order valence-electron chi connectivity index (χ4n) is 1.67. The highest BCUT2D eigenvalue weighted by atomic mass is 32.2. The summed E-state index contributed by atoms with van der Waals surface area (Å²) in [6, 6.07) is 8.80. The number of thioether (sulfide) groups is 1. The predicted octanol–water partition coefficient (Wildman–Crippen LogP) is 3.50. The molecule has 1 aliphatic rings. The molecule has 12 heavy (non-hydrogen) atoms. The van der Waals surface area contributed by atoms with Crippen molar-refractivity contribution in [1.82, 2.24) is 0 Å². The molecule has 1 aliphatic heterocycles. The van der Waals surface area contributed by atoms with Crippen LogP contribution >= 0.6 is 11.8 Å². The Morgan fingerprint density at radius 2 is 2.25 bits per heavy atom. The summed E-state index contributed by atoms with van der Waals surface area (Å²) in [6.07, 6.45) is 3.94. The first kappa shape index (κ1) is 8.18. The topological polar surface area (TPSA) is 0 Å². The maximum Gasteiger partial charge on any atom is 0.0107 e. The van der Waals surface area contributed by atoms with E-state index in [4.69, 9.17) is 0 Å². The first-order chi connectivity index (χ1) is 5.90. The van der Waals surface area contributed by atoms with E-state index in [1.807, 2.05) is 0 Å². The van der Waals surface area contributed by atoms with Gasteiger partial charge in [0.25, 0.3) is 0 Å². The largest absolute Gasteiger partial charge is 0.122 e. The van der Waals surface area contributed by atoms with Crippen molar-refractivity contribution in [1.29, 1.82) is 0 Å². The zero-order valence-corrected chi connectivity index (χ0v) is 8.23. The Kier molecular flexibility index (Phi) is 2.40. The van der Waals surface area contributed by atoms with Crippen molar-refractivity contribution in [3.05, 3.63) is 29.8 Å². The molecule has 1 heteroatoms. The van der Waals surface area contributed by atoms with E-state index in [0.717, 1.165) is 5.25 Å². The number of hydrogen-bond acceptors (Lipinski definition) is 1. The highest BCUT2D eigenvalue weighted by molar-refractivity contribution is 8.00. The lowest BCUT2D eigenvalue weighted by atomic mass is 10.1. The molecule has 64 valence electrons. The van der Waals surface area contributed by atoms with Crippen LogP contribution in [0.4, 0.5) is 0 Å². The van der Waals surface area contributed by atoms with Gasteiger partial charge in [-0.2, -0.15) is 0 Å². The Bertz CT molecular complexity index is 267. The number of hydrogen-bond donors (Lipinski definition) is 0. The summed E-state index contributed by atoms with van der Waals surface area (Å²) in [4.78, 5) is 1.51. The molecule has 0 amide bonds. The third-order valence-electron chi connectivity index (χ3n) is 2.46. The number of rotatable bonds is 1. The summed E-state index contributed by atoms with van der Waals surface area (Å²) in [5.41, 5.74) is 1.55. The van der Waals surface area contributed by atoms with Crippen molar-refractivity contribution < 1.29 is 0 Å². The maximum atomic E-state index is 2.28. The van der Waals surface area contributed by atoms with E-state index in [-0.39, 0.29) is 0 Å². The molecule has 1 atom stereocenters. The minimum absolute atomic E-state index is 0.861. The zero-order valence-electron chi connectivity index (χ0n) is 7.42. The van der Waals surface area contributed by atoms with Gasteiger partial charge in [-0.15, -0.1) is 11.8 Å². The number of benzene rings is 1. The molecule has 0 N–H and O–H groups in total. The normalized spacial score (nSPS) is 21.9. The smallest absolute Gasteiger partial charge is 0.0107 e. The van der Waals surface area contributed by atoms with Crippen molar-refractivity contribution in [2.24, 2.45) is 0 Å². The molecule has 0 saturated carbocycles. The molecule has 1 unspecified atom stereocenters. The van der Waals surface area contributed by atoms with Gasteiger partial charge < -0.3 is 0 Å². The second kappa shape index (κ2) is 3.53. The fraction of sp³-hybridized carbons (Fsp3) is 0.455. The molecule has 1 heterocycles. The first-order valence-corrected chi connectivity index (χ1v) is 5.52. The molecule has 0 spiro atoms. The van der Waals surface area contributed by atoms with E-state index < -0.39 is 0 Å². The average Bonchev–Trinajstić information content (AvgIpc) is 2.17. The van der Waals surface area contributed by atoms with Crippen molar-refractivity contribution in [3.8, 4) is 0 Å². The lowest BCUT2D eigenvalue weighted by Gasteiger charge is -2.22. The van der Waals surface area contributed by atoms with Crippen LogP contribution < -0.4 is 0 Å². The number of fused-ring (bicyclic) bond motifs is 1. The molecule has 1 aromatic rings. The second-order valence-corrected chi connectivity index (χ2v) is 4.64. The van der Waals surface area contributed by atoms with Crippen molar-refractivity contribution in [3.63, 3.8) is 0 Å². The van der Waals surface area contributed by atoms with Crippen LogP contribution in [-0.2, 0) is 6.42 Å². The second-order valence-electron chi connectivity index (χ2n) is 3.29. The predicted molar refractivity (Wildman–Crippen MR) is 54.7 cm³/mol. The lowest BCUT2D eigenvalue weighted by molar-refractivity contribution is 0.714. The van der Waals surface area contributed by atoms with Gasteiger partial charge in [0, 0.05) is 10.1 Å². The molecular weight excluding hydrogens is 164 g/mol. The van der Waals surface area contributed by atoms with Gasteiger partial charge in [0.1, 0.15) is 0 Å². The maximum absolute atomic E-state index is 2.28. The van der Waals surface area contributed by atoms with E-state index in [2.05, 4.69) is 43.0 Å². The SMILES string of the molecule is CCC1CCc2ccccc2S1. The zero-order chi connectivity index (χ0) is 8.39. The van der Waals surface area contributed by atoms with Crippen LogP contribution in [0.3, 0.4) is 0 Å². The van der Waals surface area contributed by atoms with Crippen LogP contribution in [0.2, 0.25) is 0 Å². The molecule has 0 radical (unpaired) electrons. The molecule has 0 nitrogen and oxygen atoms in total. The average molecular weight is 178 g/mol. The summed E-state index contributed by atoms with van der Waals surface area (Å²) >= 11 is 2.06. The van der Waals surface area contributed by atoms with Gasteiger partial charge in [-0.3, -0.25) is 0 Å². The van der Waals surface area contributed by atoms with E-state index in [1.165, 1.54) is 24.2 Å². The van der Waals surface area contributed by atoms with Crippen LogP contribution in [0.1, 0.15) is 25.3 Å². The third kappa shape index (κ3) is 1.51. The number of aryl methyl sites for hydroxylation is 1. The third-order valence-corrected chi connectivity index (χ3v) is 4.01. The lowest BCUT2D eigenvalue weighted by Crippen LogP contribution is -2.08. The van der Waals surface area contributed by atoms with Gasteiger partial charge in [0.2, 0.25) is 0 Å². The highest BCUT2D eigenvalue weighted by Gasteiger charge is 2.16. The minimum atomic E-state index is 0.861. The molecule has 0 fully saturated rings. The standard InChI is InChI=1S/C11H14S/c1-2-10-8-7-9-5-3-4-6-11(9)12-10/h3-6,10H,2,7-8H2,1H3. The molecule has 0 aliphatic carbocycles. The summed E-state index contributed by atoms with van der Waals surface area (Å²) in [6.45, 7) is 2.28. The van der Waals surface area contributed by atoms with Gasteiger partial charge in [0.15, 0.2) is 0 Å².